The second kappa shape index (κ2) is 5.74. The fourth-order valence-corrected chi connectivity index (χ4v) is 4.10. The fourth-order valence-electron chi connectivity index (χ4n) is 4.10. The number of hydrogen-bond acceptors (Lipinski definition) is 4. The Morgan fingerprint density at radius 2 is 1.88 bits per heavy atom. The maximum Gasteiger partial charge on any atom is 0.205 e. The van der Waals surface area contributed by atoms with Gasteiger partial charge in [-0.15, -0.1) is 0 Å². The van der Waals surface area contributed by atoms with Gasteiger partial charge in [-0.25, -0.2) is 0 Å². The summed E-state index contributed by atoms with van der Waals surface area (Å²) >= 11 is 0. The lowest BCUT2D eigenvalue weighted by Crippen LogP contribution is -2.33. The van der Waals surface area contributed by atoms with Gasteiger partial charge in [-0.1, -0.05) is 56.3 Å². The van der Waals surface area contributed by atoms with Gasteiger partial charge in [0.15, 0.2) is 5.78 Å². The fraction of sp³-hybridized carbons (Fsp3) is 0.273. The predicted octanol–water partition coefficient (Wildman–Crippen LogP) is 4.29. The van der Waals surface area contributed by atoms with E-state index in [9.17, 15) is 10.1 Å². The van der Waals surface area contributed by atoms with Gasteiger partial charge in [0.1, 0.15) is 17.4 Å². The van der Waals surface area contributed by atoms with Crippen LogP contribution in [0.4, 0.5) is 0 Å². The predicted molar refractivity (Wildman–Crippen MR) is 99.6 cm³/mol. The molecule has 2 aromatic carbocycles. The average molecular weight is 344 g/mol. The van der Waals surface area contributed by atoms with Gasteiger partial charge >= 0.3 is 0 Å². The van der Waals surface area contributed by atoms with Crippen molar-refractivity contribution in [2.45, 2.75) is 32.6 Å². The highest BCUT2D eigenvalue weighted by Crippen LogP contribution is 2.48. The maximum absolute atomic E-state index is 13.0. The highest BCUT2D eigenvalue weighted by Gasteiger charge is 2.43. The molecule has 0 bridgehead atoms. The first-order valence-electron chi connectivity index (χ1n) is 8.73. The number of carbonyl (C=O) groups excluding carboxylic acids is 1. The molecule has 1 aliphatic carbocycles. The number of ether oxygens (including phenoxy) is 1. The molecule has 1 unspecified atom stereocenters. The van der Waals surface area contributed by atoms with E-state index in [-0.39, 0.29) is 17.1 Å². The Morgan fingerprint density at radius 3 is 2.65 bits per heavy atom. The molecule has 1 heterocycles. The Hall–Kier alpha value is -3.06. The largest absolute Gasteiger partial charge is 0.444 e. The van der Waals surface area contributed by atoms with Crippen LogP contribution in [0.2, 0.25) is 0 Å². The summed E-state index contributed by atoms with van der Waals surface area (Å²) in [6.45, 7) is 4.09. The van der Waals surface area contributed by atoms with Crippen molar-refractivity contribution in [3.8, 4) is 6.07 Å². The molecule has 1 aliphatic heterocycles. The molecule has 0 spiro atoms. The molecule has 26 heavy (non-hydrogen) atoms. The third-order valence-electron chi connectivity index (χ3n) is 5.21. The van der Waals surface area contributed by atoms with E-state index in [0.717, 1.165) is 16.3 Å². The average Bonchev–Trinajstić information content (AvgIpc) is 2.59. The van der Waals surface area contributed by atoms with Crippen LogP contribution in [0.5, 0.6) is 0 Å². The quantitative estimate of drug-likeness (QED) is 0.837. The number of carbonyl (C=O) groups is 1. The number of ketones is 1. The highest BCUT2D eigenvalue weighted by atomic mass is 16.5. The third kappa shape index (κ3) is 2.48. The van der Waals surface area contributed by atoms with Crippen molar-refractivity contribution < 1.29 is 9.53 Å². The molecule has 0 amide bonds. The van der Waals surface area contributed by atoms with Crippen molar-refractivity contribution in [3.63, 3.8) is 0 Å². The zero-order valence-electron chi connectivity index (χ0n) is 14.9. The van der Waals surface area contributed by atoms with Gasteiger partial charge in [0, 0.05) is 18.4 Å². The molecule has 130 valence electrons. The van der Waals surface area contributed by atoms with Crippen LogP contribution < -0.4 is 5.73 Å². The van der Waals surface area contributed by atoms with Crippen LogP contribution in [0.15, 0.2) is 65.3 Å². The van der Waals surface area contributed by atoms with Gasteiger partial charge in [-0.05, 0) is 21.8 Å². The van der Waals surface area contributed by atoms with E-state index in [1.807, 2.05) is 56.3 Å². The van der Waals surface area contributed by atoms with Gasteiger partial charge in [0.25, 0.3) is 0 Å². The number of nitrogens with two attached hydrogens (primary N) is 1. The summed E-state index contributed by atoms with van der Waals surface area (Å²) in [6, 6.07) is 16.1. The molecule has 2 aromatic rings. The Bertz CT molecular complexity index is 1030. The second-order valence-corrected chi connectivity index (χ2v) is 7.77. The molecule has 2 aliphatic rings. The van der Waals surface area contributed by atoms with Crippen molar-refractivity contribution in [1.29, 1.82) is 5.26 Å². The minimum Gasteiger partial charge on any atom is -0.444 e. The molecule has 4 heteroatoms. The summed E-state index contributed by atoms with van der Waals surface area (Å²) in [5.74, 6) is 0.281. The van der Waals surface area contributed by atoms with E-state index >= 15 is 0 Å². The molecule has 0 saturated carbocycles. The molecule has 0 aromatic heterocycles. The molecule has 1 atom stereocenters. The highest BCUT2D eigenvalue weighted by molar-refractivity contribution is 6.01. The van der Waals surface area contributed by atoms with E-state index in [0.29, 0.717) is 29.7 Å². The normalized spacial score (nSPS) is 22.0. The zero-order valence-corrected chi connectivity index (χ0v) is 14.9. The topological polar surface area (TPSA) is 76.1 Å². The van der Waals surface area contributed by atoms with Crippen LogP contribution in [-0.4, -0.2) is 5.78 Å². The van der Waals surface area contributed by atoms with Gasteiger partial charge in [-0.2, -0.15) is 5.26 Å². The number of nitrogens with zero attached hydrogens (tertiary/aromatic N) is 1. The van der Waals surface area contributed by atoms with Crippen LogP contribution in [-0.2, 0) is 9.53 Å². The van der Waals surface area contributed by atoms with Crippen molar-refractivity contribution in [2.75, 3.05) is 0 Å². The Labute approximate surface area is 152 Å². The number of benzene rings is 2. The lowest BCUT2D eigenvalue weighted by molar-refractivity contribution is -0.119. The van der Waals surface area contributed by atoms with E-state index in [1.165, 1.54) is 0 Å². The van der Waals surface area contributed by atoms with Crippen molar-refractivity contribution in [1.82, 2.24) is 0 Å². The molecular weight excluding hydrogens is 324 g/mol. The summed E-state index contributed by atoms with van der Waals surface area (Å²) in [7, 11) is 0. The van der Waals surface area contributed by atoms with Crippen molar-refractivity contribution >= 4 is 16.6 Å². The van der Waals surface area contributed by atoms with Crippen molar-refractivity contribution in [2.24, 2.45) is 11.1 Å². The molecule has 4 nitrogen and oxygen atoms in total. The Morgan fingerprint density at radius 1 is 1.15 bits per heavy atom. The number of nitriles is 1. The zero-order chi connectivity index (χ0) is 18.5. The smallest absolute Gasteiger partial charge is 0.205 e. The first-order valence-corrected chi connectivity index (χ1v) is 8.73. The summed E-state index contributed by atoms with van der Waals surface area (Å²) in [6.07, 6.45) is 1.07. The summed E-state index contributed by atoms with van der Waals surface area (Å²) in [5, 5.41) is 11.8. The van der Waals surface area contributed by atoms with Gasteiger partial charge in [0.2, 0.25) is 5.88 Å². The Kier molecular flexibility index (Phi) is 3.62. The lowest BCUT2D eigenvalue weighted by Gasteiger charge is -2.37. The molecule has 2 N–H and O–H groups in total. The molecule has 0 saturated heterocycles. The number of Topliss-reactive ketones (excluding diaryl/α,β-unsaturated/α-hetero) is 1. The van der Waals surface area contributed by atoms with Crippen molar-refractivity contribution in [3.05, 3.63) is 70.8 Å². The van der Waals surface area contributed by atoms with E-state index in [2.05, 4.69) is 6.07 Å². The molecule has 4 rings (SSSR count). The number of rotatable bonds is 1. The van der Waals surface area contributed by atoms with Crippen LogP contribution in [0.25, 0.3) is 10.8 Å². The molecule has 0 fully saturated rings. The number of fused-ring (bicyclic) bond motifs is 1. The minimum atomic E-state index is -0.474. The third-order valence-corrected chi connectivity index (χ3v) is 5.21. The van der Waals surface area contributed by atoms with E-state index < -0.39 is 5.92 Å². The number of allylic oxidation sites excluding steroid dienone is 3. The second-order valence-electron chi connectivity index (χ2n) is 7.77. The molecule has 0 radical (unpaired) electrons. The standard InChI is InChI=1S/C22H20N2O2/c1-22(2)10-17(25)20-18(11-22)26-21(24)16(12-23)19(20)15-9-5-7-13-6-3-4-8-14(13)15/h3-9,19H,10-11,24H2,1-2H3. The summed E-state index contributed by atoms with van der Waals surface area (Å²) < 4.78 is 5.76. The van der Waals surface area contributed by atoms with E-state index in [4.69, 9.17) is 10.5 Å². The SMILES string of the molecule is CC1(C)CC(=O)C2=C(C1)OC(N)=C(C#N)C2c1cccc2ccccc12. The first-order chi connectivity index (χ1) is 12.4. The maximum atomic E-state index is 13.0. The van der Waals surface area contributed by atoms with Gasteiger partial charge < -0.3 is 10.5 Å². The van der Waals surface area contributed by atoms with E-state index in [1.54, 1.807) is 0 Å². The van der Waals surface area contributed by atoms with Gasteiger partial charge in [0.05, 0.1) is 5.92 Å². The lowest BCUT2D eigenvalue weighted by atomic mass is 9.70. The summed E-state index contributed by atoms with van der Waals surface area (Å²) in [5.41, 5.74) is 7.74. The van der Waals surface area contributed by atoms with Crippen LogP contribution in [0.1, 0.15) is 38.2 Å². The number of hydrogen-bond donors (Lipinski definition) is 1. The first kappa shape index (κ1) is 16.4. The van der Waals surface area contributed by atoms with Gasteiger partial charge in [-0.3, -0.25) is 4.79 Å². The molecular formula is C22H20N2O2. The van der Waals surface area contributed by atoms with Crippen LogP contribution >= 0.6 is 0 Å². The van der Waals surface area contributed by atoms with Crippen LogP contribution in [0, 0.1) is 16.7 Å². The minimum absolute atomic E-state index is 0.0365. The Balaban J connectivity index is 1.99. The summed E-state index contributed by atoms with van der Waals surface area (Å²) in [4.78, 5) is 13.0. The van der Waals surface area contributed by atoms with Crippen LogP contribution in [0.3, 0.4) is 0 Å². The monoisotopic (exact) mass is 344 g/mol.